The van der Waals surface area contributed by atoms with E-state index in [0.717, 1.165) is 6.26 Å². The summed E-state index contributed by atoms with van der Waals surface area (Å²) in [5.74, 6) is -0.146. The van der Waals surface area contributed by atoms with Crippen LogP contribution in [0.25, 0.3) is 11.2 Å². The molecule has 0 aliphatic carbocycles. The number of pyridine rings is 1. The van der Waals surface area contributed by atoms with Crippen molar-refractivity contribution in [2.75, 3.05) is 30.0 Å². The lowest BCUT2D eigenvalue weighted by Gasteiger charge is -2.09. The Balaban J connectivity index is 1.80. The third kappa shape index (κ3) is 5.31. The lowest BCUT2D eigenvalue weighted by molar-refractivity contribution is 0.319. The standard InChI is InChI=1S/C16H17ClFN7O3S/c1-29(27,28)21-7-6-20-16-23-13-10(4-5-19-15(13)24-16)14(25-26)22-9-2-3-12(18)11(17)8-9/h2-5,8,21,26H,6-7H2,1H3,(H,22,25)(H2,19,20,23,24). The maximum absolute atomic E-state index is 13.3. The van der Waals surface area contributed by atoms with E-state index in [1.54, 1.807) is 6.07 Å². The highest BCUT2D eigenvalue weighted by Gasteiger charge is 2.14. The number of hydrogen-bond acceptors (Lipinski definition) is 7. The van der Waals surface area contributed by atoms with Crippen molar-refractivity contribution in [2.24, 2.45) is 5.16 Å². The van der Waals surface area contributed by atoms with Gasteiger partial charge in [-0.15, -0.1) is 0 Å². The summed E-state index contributed by atoms with van der Waals surface area (Å²) in [4.78, 5) is 11.4. The van der Waals surface area contributed by atoms with Crippen LogP contribution >= 0.6 is 11.6 Å². The molecule has 154 valence electrons. The van der Waals surface area contributed by atoms with Crippen molar-refractivity contribution >= 4 is 50.3 Å². The fourth-order valence-corrected chi connectivity index (χ4v) is 3.12. The van der Waals surface area contributed by atoms with Crippen LogP contribution in [0, 0.1) is 5.82 Å². The van der Waals surface area contributed by atoms with Crippen LogP contribution < -0.4 is 15.4 Å². The molecule has 0 radical (unpaired) electrons. The minimum absolute atomic E-state index is 0.0639. The molecule has 3 rings (SSSR count). The highest BCUT2D eigenvalue weighted by atomic mass is 35.5. The van der Waals surface area contributed by atoms with Crippen LogP contribution in [0.2, 0.25) is 5.02 Å². The van der Waals surface area contributed by atoms with Crippen LogP contribution in [0.3, 0.4) is 0 Å². The third-order valence-electron chi connectivity index (χ3n) is 3.71. The second kappa shape index (κ2) is 8.59. The molecule has 0 aliphatic rings. The normalized spacial score (nSPS) is 12.3. The zero-order chi connectivity index (χ0) is 21.0. The third-order valence-corrected chi connectivity index (χ3v) is 4.73. The van der Waals surface area contributed by atoms with E-state index in [2.05, 4.69) is 35.5 Å². The Morgan fingerprint density at radius 3 is 2.83 bits per heavy atom. The molecule has 0 atom stereocenters. The predicted molar refractivity (Wildman–Crippen MR) is 109 cm³/mol. The second-order valence-electron chi connectivity index (χ2n) is 5.94. The van der Waals surface area contributed by atoms with Gasteiger partial charge in [0.2, 0.25) is 16.0 Å². The summed E-state index contributed by atoms with van der Waals surface area (Å²) in [6, 6.07) is 5.59. The Bertz CT molecular complexity index is 1170. The molecule has 0 aliphatic heterocycles. The number of aromatic nitrogens is 3. The van der Waals surface area contributed by atoms with Gasteiger partial charge in [-0.2, -0.15) is 4.98 Å². The molecule has 2 aromatic heterocycles. The fourth-order valence-electron chi connectivity index (χ4n) is 2.47. The highest BCUT2D eigenvalue weighted by molar-refractivity contribution is 7.88. The first-order chi connectivity index (χ1) is 13.8. The van der Waals surface area contributed by atoms with Crippen LogP contribution in [-0.4, -0.2) is 53.8 Å². The van der Waals surface area contributed by atoms with Crippen molar-refractivity contribution < 1.29 is 18.0 Å². The van der Waals surface area contributed by atoms with Crippen molar-refractivity contribution in [1.29, 1.82) is 0 Å². The van der Waals surface area contributed by atoms with Crippen molar-refractivity contribution in [3.63, 3.8) is 0 Å². The van der Waals surface area contributed by atoms with Crippen LogP contribution in [0.1, 0.15) is 5.56 Å². The number of hydrogen-bond donors (Lipinski definition) is 5. The van der Waals surface area contributed by atoms with Gasteiger partial charge < -0.3 is 20.8 Å². The molecule has 0 spiro atoms. The number of benzene rings is 1. The number of fused-ring (bicyclic) bond motifs is 1. The first-order valence-electron chi connectivity index (χ1n) is 8.24. The number of imidazole rings is 1. The van der Waals surface area contributed by atoms with E-state index in [0.29, 0.717) is 28.4 Å². The molecular weight excluding hydrogens is 425 g/mol. The maximum atomic E-state index is 13.3. The largest absolute Gasteiger partial charge is 0.409 e. The van der Waals surface area contributed by atoms with E-state index in [-0.39, 0.29) is 23.9 Å². The maximum Gasteiger partial charge on any atom is 0.208 e. The second-order valence-corrected chi connectivity index (χ2v) is 8.18. The summed E-state index contributed by atoms with van der Waals surface area (Å²) in [7, 11) is -3.28. The van der Waals surface area contributed by atoms with Crippen LogP contribution in [-0.2, 0) is 10.0 Å². The monoisotopic (exact) mass is 441 g/mol. The number of halogens is 2. The Morgan fingerprint density at radius 2 is 2.14 bits per heavy atom. The van der Waals surface area contributed by atoms with Gasteiger partial charge >= 0.3 is 0 Å². The van der Waals surface area contributed by atoms with E-state index >= 15 is 0 Å². The number of H-pyrrole nitrogens is 1. The van der Waals surface area contributed by atoms with Gasteiger partial charge in [0.05, 0.1) is 16.8 Å². The molecule has 2 heterocycles. The lowest BCUT2D eigenvalue weighted by Crippen LogP contribution is -2.27. The van der Waals surface area contributed by atoms with E-state index in [4.69, 9.17) is 11.6 Å². The summed E-state index contributed by atoms with van der Waals surface area (Å²) in [5.41, 5.74) is 1.69. The van der Waals surface area contributed by atoms with Gasteiger partial charge in [0.25, 0.3) is 0 Å². The molecule has 0 saturated carbocycles. The average Bonchev–Trinajstić information content (AvgIpc) is 3.08. The molecule has 0 fully saturated rings. The van der Waals surface area contributed by atoms with Gasteiger partial charge in [-0.1, -0.05) is 16.8 Å². The van der Waals surface area contributed by atoms with Gasteiger partial charge in [-0.3, -0.25) is 0 Å². The molecule has 1 aromatic carbocycles. The summed E-state index contributed by atoms with van der Waals surface area (Å²) < 4.78 is 37.9. The molecule has 0 saturated heterocycles. The quantitative estimate of drug-likeness (QED) is 0.124. The minimum atomic E-state index is -3.28. The first-order valence-corrected chi connectivity index (χ1v) is 10.5. The van der Waals surface area contributed by atoms with Crippen LogP contribution in [0.5, 0.6) is 0 Å². The lowest BCUT2D eigenvalue weighted by atomic mass is 10.2. The number of nitrogens with one attached hydrogen (secondary N) is 4. The number of oxime groups is 1. The Kier molecular flexibility index (Phi) is 6.15. The molecule has 0 amide bonds. The number of anilines is 2. The van der Waals surface area contributed by atoms with Gasteiger partial charge in [0.1, 0.15) is 5.82 Å². The average molecular weight is 442 g/mol. The molecule has 10 nitrogen and oxygen atoms in total. The van der Waals surface area contributed by atoms with E-state index in [1.165, 1.54) is 24.4 Å². The number of amidine groups is 1. The zero-order valence-corrected chi connectivity index (χ0v) is 16.6. The van der Waals surface area contributed by atoms with Crippen molar-refractivity contribution in [1.82, 2.24) is 19.7 Å². The summed E-state index contributed by atoms with van der Waals surface area (Å²) in [6.45, 7) is 0.460. The molecular formula is C16H17ClFN7O3S. The van der Waals surface area contributed by atoms with Crippen molar-refractivity contribution in [3.8, 4) is 0 Å². The number of sulfonamides is 1. The molecule has 29 heavy (non-hydrogen) atoms. The van der Waals surface area contributed by atoms with Gasteiger partial charge in [0, 0.05) is 30.5 Å². The summed E-state index contributed by atoms with van der Waals surface area (Å²) in [5, 5.41) is 18.4. The Morgan fingerprint density at radius 1 is 1.34 bits per heavy atom. The Hall–Kier alpha value is -2.96. The van der Waals surface area contributed by atoms with Crippen molar-refractivity contribution in [3.05, 3.63) is 46.9 Å². The van der Waals surface area contributed by atoms with Crippen molar-refractivity contribution in [2.45, 2.75) is 0 Å². The van der Waals surface area contributed by atoms with Crippen LogP contribution in [0.15, 0.2) is 35.6 Å². The highest BCUT2D eigenvalue weighted by Crippen LogP contribution is 2.22. The zero-order valence-electron chi connectivity index (χ0n) is 15.1. The summed E-state index contributed by atoms with van der Waals surface area (Å²) in [6.07, 6.45) is 2.56. The molecule has 13 heteroatoms. The molecule has 3 aromatic rings. The summed E-state index contributed by atoms with van der Waals surface area (Å²) >= 11 is 5.78. The number of nitrogens with zero attached hydrogens (tertiary/aromatic N) is 3. The van der Waals surface area contributed by atoms with E-state index in [1.807, 2.05) is 0 Å². The SMILES string of the molecule is CS(=O)(=O)NCCNc1nc2nccc(/C(=N\O)Nc3ccc(F)c(Cl)c3)c2[nH]1. The van der Waals surface area contributed by atoms with E-state index < -0.39 is 15.8 Å². The van der Waals surface area contributed by atoms with E-state index in [9.17, 15) is 18.0 Å². The van der Waals surface area contributed by atoms with Gasteiger partial charge in [-0.25, -0.2) is 22.5 Å². The van der Waals surface area contributed by atoms with Gasteiger partial charge in [-0.05, 0) is 24.3 Å². The molecule has 0 unspecified atom stereocenters. The number of rotatable bonds is 7. The van der Waals surface area contributed by atoms with Crippen LogP contribution in [0.4, 0.5) is 16.0 Å². The van der Waals surface area contributed by atoms with Gasteiger partial charge in [0.15, 0.2) is 11.5 Å². The molecule has 5 N–H and O–H groups in total. The predicted octanol–water partition coefficient (Wildman–Crippen LogP) is 1.96. The minimum Gasteiger partial charge on any atom is -0.409 e. The molecule has 0 bridgehead atoms. The fraction of sp³-hybridized carbons (Fsp3) is 0.188. The number of aromatic amines is 1. The first kappa shape index (κ1) is 20.8. The Labute approximate surface area is 170 Å². The smallest absolute Gasteiger partial charge is 0.208 e. The topological polar surface area (TPSA) is 144 Å².